The molecule has 2 unspecified atom stereocenters. The van der Waals surface area contributed by atoms with E-state index < -0.39 is 0 Å². The average molecular weight is 269 g/mol. The van der Waals surface area contributed by atoms with Crippen molar-refractivity contribution in [2.24, 2.45) is 5.92 Å². The summed E-state index contributed by atoms with van der Waals surface area (Å²) in [5.74, 6) is 0.739. The predicted octanol–water partition coefficient (Wildman–Crippen LogP) is 3.13. The molecule has 1 saturated carbocycles. The van der Waals surface area contributed by atoms with Gasteiger partial charge in [-0.1, -0.05) is 6.92 Å². The Hall–Kier alpha value is -0.120. The van der Waals surface area contributed by atoms with Crippen molar-refractivity contribution in [1.29, 1.82) is 0 Å². The first-order valence-electron chi connectivity index (χ1n) is 7.93. The summed E-state index contributed by atoms with van der Waals surface area (Å²) >= 11 is 0. The first kappa shape index (κ1) is 15.3. The van der Waals surface area contributed by atoms with Crippen LogP contribution in [-0.4, -0.2) is 37.5 Å². The van der Waals surface area contributed by atoms with Gasteiger partial charge in [-0.3, -0.25) is 0 Å². The van der Waals surface area contributed by atoms with Gasteiger partial charge >= 0.3 is 0 Å². The zero-order chi connectivity index (χ0) is 13.9. The smallest absolute Gasteiger partial charge is 0.0685 e. The number of rotatable bonds is 6. The van der Waals surface area contributed by atoms with Crippen molar-refractivity contribution >= 4 is 0 Å². The quantitative estimate of drug-likeness (QED) is 0.803. The molecular formula is C16H31NO2. The second-order valence-corrected chi connectivity index (χ2v) is 6.97. The first-order chi connectivity index (χ1) is 9.00. The number of nitrogens with one attached hydrogen (secondary N) is 1. The third-order valence-corrected chi connectivity index (χ3v) is 5.10. The molecule has 2 fully saturated rings. The second-order valence-electron chi connectivity index (χ2n) is 6.97. The molecule has 1 N–H and O–H groups in total. The molecule has 1 saturated heterocycles. The highest BCUT2D eigenvalue weighted by Crippen LogP contribution is 2.45. The summed E-state index contributed by atoms with van der Waals surface area (Å²) in [6.45, 7) is 8.56. The van der Waals surface area contributed by atoms with Crippen molar-refractivity contribution in [3.63, 3.8) is 0 Å². The summed E-state index contributed by atoms with van der Waals surface area (Å²) in [5.41, 5.74) is 0.200. The van der Waals surface area contributed by atoms with E-state index >= 15 is 0 Å². The SMILES string of the molecule is CCNC(CC(C)(C)OC)C1CCOC2(CCC2)C1. The lowest BCUT2D eigenvalue weighted by atomic mass is 9.69. The van der Waals surface area contributed by atoms with Crippen LogP contribution in [0.5, 0.6) is 0 Å². The fraction of sp³-hybridized carbons (Fsp3) is 1.00. The lowest BCUT2D eigenvalue weighted by Gasteiger charge is -2.49. The van der Waals surface area contributed by atoms with Crippen LogP contribution >= 0.6 is 0 Å². The molecule has 112 valence electrons. The van der Waals surface area contributed by atoms with Crippen LogP contribution in [0.25, 0.3) is 0 Å². The van der Waals surface area contributed by atoms with E-state index in [1.165, 1.54) is 32.1 Å². The number of hydrogen-bond acceptors (Lipinski definition) is 3. The minimum Gasteiger partial charge on any atom is -0.379 e. The van der Waals surface area contributed by atoms with Crippen LogP contribution in [0.2, 0.25) is 0 Å². The average Bonchev–Trinajstić information content (AvgIpc) is 2.36. The Morgan fingerprint density at radius 1 is 1.42 bits per heavy atom. The molecule has 0 bridgehead atoms. The normalized spacial score (nSPS) is 28.1. The molecule has 2 rings (SSSR count). The maximum Gasteiger partial charge on any atom is 0.0685 e. The Bertz CT molecular complexity index is 286. The lowest BCUT2D eigenvalue weighted by Crippen LogP contribution is -2.51. The van der Waals surface area contributed by atoms with Crippen molar-refractivity contribution in [2.75, 3.05) is 20.3 Å². The van der Waals surface area contributed by atoms with Crippen molar-refractivity contribution in [1.82, 2.24) is 5.32 Å². The van der Waals surface area contributed by atoms with E-state index in [1.807, 2.05) is 7.11 Å². The Balaban J connectivity index is 1.97. The van der Waals surface area contributed by atoms with Gasteiger partial charge in [-0.2, -0.15) is 0 Å². The molecule has 3 heteroatoms. The third kappa shape index (κ3) is 3.71. The summed E-state index contributed by atoms with van der Waals surface area (Å²) in [6.07, 6.45) is 7.41. The highest BCUT2D eigenvalue weighted by atomic mass is 16.5. The summed E-state index contributed by atoms with van der Waals surface area (Å²) < 4.78 is 11.7. The molecule has 0 aromatic carbocycles. The molecule has 1 aliphatic heterocycles. The topological polar surface area (TPSA) is 30.5 Å². The van der Waals surface area contributed by atoms with Gasteiger partial charge in [-0.15, -0.1) is 0 Å². The van der Waals surface area contributed by atoms with Gasteiger partial charge in [0.05, 0.1) is 11.2 Å². The van der Waals surface area contributed by atoms with Crippen molar-refractivity contribution in [3.05, 3.63) is 0 Å². The van der Waals surface area contributed by atoms with E-state index in [0.29, 0.717) is 6.04 Å². The van der Waals surface area contributed by atoms with Crippen LogP contribution < -0.4 is 5.32 Å². The largest absolute Gasteiger partial charge is 0.379 e. The van der Waals surface area contributed by atoms with Gasteiger partial charge in [0.25, 0.3) is 0 Å². The van der Waals surface area contributed by atoms with Crippen molar-refractivity contribution < 1.29 is 9.47 Å². The Morgan fingerprint density at radius 2 is 2.16 bits per heavy atom. The van der Waals surface area contributed by atoms with E-state index in [9.17, 15) is 0 Å². The molecule has 0 aromatic heterocycles. The van der Waals surface area contributed by atoms with Gasteiger partial charge in [0.15, 0.2) is 0 Å². The Kier molecular flexibility index (Phi) is 4.91. The van der Waals surface area contributed by atoms with Crippen LogP contribution in [0.1, 0.15) is 59.3 Å². The van der Waals surface area contributed by atoms with Crippen LogP contribution in [-0.2, 0) is 9.47 Å². The van der Waals surface area contributed by atoms with Gasteiger partial charge in [-0.25, -0.2) is 0 Å². The van der Waals surface area contributed by atoms with E-state index in [0.717, 1.165) is 25.5 Å². The summed E-state index contributed by atoms with van der Waals surface area (Å²) in [7, 11) is 1.82. The van der Waals surface area contributed by atoms with Crippen molar-refractivity contribution in [2.45, 2.75) is 76.5 Å². The zero-order valence-electron chi connectivity index (χ0n) is 13.1. The van der Waals surface area contributed by atoms with Gasteiger partial charge in [0.2, 0.25) is 0 Å². The van der Waals surface area contributed by atoms with Crippen LogP contribution in [0.4, 0.5) is 0 Å². The fourth-order valence-electron chi connectivity index (χ4n) is 3.61. The maximum atomic E-state index is 6.06. The van der Waals surface area contributed by atoms with Crippen molar-refractivity contribution in [3.8, 4) is 0 Å². The number of ether oxygens (including phenoxy) is 2. The first-order valence-corrected chi connectivity index (χ1v) is 7.93. The predicted molar refractivity (Wildman–Crippen MR) is 78.4 cm³/mol. The van der Waals surface area contributed by atoms with E-state index in [1.54, 1.807) is 0 Å². The molecule has 2 aliphatic rings. The monoisotopic (exact) mass is 269 g/mol. The molecular weight excluding hydrogens is 238 g/mol. The summed E-state index contributed by atoms with van der Waals surface area (Å²) in [6, 6.07) is 0.557. The highest BCUT2D eigenvalue weighted by molar-refractivity contribution is 4.97. The third-order valence-electron chi connectivity index (χ3n) is 5.10. The minimum absolute atomic E-state index is 0.0437. The molecule has 0 radical (unpaired) electrons. The molecule has 3 nitrogen and oxygen atoms in total. The molecule has 1 aliphatic carbocycles. The Labute approximate surface area is 118 Å². The van der Waals surface area contributed by atoms with Gasteiger partial charge in [0, 0.05) is 19.8 Å². The second kappa shape index (κ2) is 6.11. The molecule has 0 aromatic rings. The van der Waals surface area contributed by atoms with E-state index in [-0.39, 0.29) is 11.2 Å². The number of methoxy groups -OCH3 is 1. The lowest BCUT2D eigenvalue weighted by molar-refractivity contribution is -0.149. The van der Waals surface area contributed by atoms with Crippen LogP contribution in [0.3, 0.4) is 0 Å². The maximum absolute atomic E-state index is 6.06. The molecule has 1 spiro atoms. The van der Waals surface area contributed by atoms with Crippen LogP contribution in [0.15, 0.2) is 0 Å². The molecule has 1 heterocycles. The van der Waals surface area contributed by atoms with E-state index in [2.05, 4.69) is 26.1 Å². The summed E-state index contributed by atoms with van der Waals surface area (Å²) in [5, 5.41) is 3.69. The minimum atomic E-state index is -0.0437. The van der Waals surface area contributed by atoms with Gasteiger partial charge < -0.3 is 14.8 Å². The molecule has 0 amide bonds. The standard InChI is InChI=1S/C16H31NO2/c1-5-17-14(12-15(2,3)18-4)13-7-10-19-16(11-13)8-6-9-16/h13-14,17H,5-12H2,1-4H3. The zero-order valence-corrected chi connectivity index (χ0v) is 13.1. The summed E-state index contributed by atoms with van der Waals surface area (Å²) in [4.78, 5) is 0. The molecule has 19 heavy (non-hydrogen) atoms. The van der Waals surface area contributed by atoms with Crippen LogP contribution in [0, 0.1) is 5.92 Å². The highest BCUT2D eigenvalue weighted by Gasteiger charge is 2.44. The van der Waals surface area contributed by atoms with E-state index in [4.69, 9.17) is 9.47 Å². The van der Waals surface area contributed by atoms with Gasteiger partial charge in [0.1, 0.15) is 0 Å². The number of hydrogen-bond donors (Lipinski definition) is 1. The fourth-order valence-corrected chi connectivity index (χ4v) is 3.61. The Morgan fingerprint density at radius 3 is 2.68 bits per heavy atom. The van der Waals surface area contributed by atoms with Gasteiger partial charge in [-0.05, 0) is 64.8 Å². The molecule has 2 atom stereocenters.